The van der Waals surface area contributed by atoms with Gasteiger partial charge in [0.1, 0.15) is 25.0 Å². The highest BCUT2D eigenvalue weighted by Crippen LogP contribution is 2.38. The topological polar surface area (TPSA) is 77.1 Å². The molecule has 0 radical (unpaired) electrons. The molecule has 1 fully saturated rings. The van der Waals surface area contributed by atoms with E-state index in [1.165, 1.54) is 17.8 Å². The quantitative estimate of drug-likeness (QED) is 0.437. The summed E-state index contributed by atoms with van der Waals surface area (Å²) in [5.41, 5.74) is 1.30. The Morgan fingerprint density at radius 1 is 1.03 bits per heavy atom. The summed E-state index contributed by atoms with van der Waals surface area (Å²) in [4.78, 5) is 30.5. The first kappa shape index (κ1) is 25.1. The van der Waals surface area contributed by atoms with E-state index in [9.17, 15) is 9.59 Å². The zero-order valence-electron chi connectivity index (χ0n) is 21.0. The van der Waals surface area contributed by atoms with E-state index in [-0.39, 0.29) is 24.3 Å². The van der Waals surface area contributed by atoms with Gasteiger partial charge >= 0.3 is 0 Å². The normalized spacial score (nSPS) is 16.0. The summed E-state index contributed by atoms with van der Waals surface area (Å²) >= 11 is 1.53. The first-order valence-corrected chi connectivity index (χ1v) is 13.7. The lowest BCUT2D eigenvalue weighted by Gasteiger charge is -2.34. The second-order valence-electron chi connectivity index (χ2n) is 9.37. The molecule has 0 bridgehead atoms. The van der Waals surface area contributed by atoms with Crippen LogP contribution in [0.2, 0.25) is 0 Å². The van der Waals surface area contributed by atoms with E-state index >= 15 is 0 Å². The Morgan fingerprint density at radius 3 is 2.49 bits per heavy atom. The van der Waals surface area contributed by atoms with E-state index in [4.69, 9.17) is 14.2 Å². The zero-order chi connectivity index (χ0) is 25.6. The molecule has 1 N–H and O–H groups in total. The molecule has 7 nitrogen and oxygen atoms in total. The number of hydrogen-bond donors (Lipinski definition) is 1. The Balaban J connectivity index is 1.56. The van der Waals surface area contributed by atoms with Gasteiger partial charge in [0.15, 0.2) is 11.5 Å². The SMILES string of the molecule is COc1ccc([C@H](C(=O)NC2CCCCC2)N(C(=O)Cc2cccs2)c2ccc3c(c2)OCCO3)cc1. The first-order valence-electron chi connectivity index (χ1n) is 12.8. The van der Waals surface area contributed by atoms with Crippen LogP contribution in [0.15, 0.2) is 60.0 Å². The van der Waals surface area contributed by atoms with Gasteiger partial charge in [-0.15, -0.1) is 11.3 Å². The molecule has 2 aromatic carbocycles. The van der Waals surface area contributed by atoms with Crippen LogP contribution in [-0.2, 0) is 16.0 Å². The maximum absolute atomic E-state index is 14.0. The molecule has 37 heavy (non-hydrogen) atoms. The fourth-order valence-electron chi connectivity index (χ4n) is 5.00. The highest BCUT2D eigenvalue weighted by atomic mass is 32.1. The molecule has 1 aliphatic heterocycles. The van der Waals surface area contributed by atoms with Crippen LogP contribution in [-0.4, -0.2) is 38.2 Å². The van der Waals surface area contributed by atoms with E-state index < -0.39 is 6.04 Å². The molecule has 1 aliphatic carbocycles. The van der Waals surface area contributed by atoms with Crippen molar-refractivity contribution in [3.63, 3.8) is 0 Å². The van der Waals surface area contributed by atoms with Gasteiger partial charge in [-0.3, -0.25) is 14.5 Å². The van der Waals surface area contributed by atoms with Gasteiger partial charge in [0.2, 0.25) is 11.8 Å². The van der Waals surface area contributed by atoms with Crippen molar-refractivity contribution in [3.05, 3.63) is 70.4 Å². The Hall–Kier alpha value is -3.52. The highest BCUT2D eigenvalue weighted by molar-refractivity contribution is 7.10. The number of ether oxygens (including phenoxy) is 3. The largest absolute Gasteiger partial charge is 0.497 e. The van der Waals surface area contributed by atoms with Crippen LogP contribution in [0.5, 0.6) is 17.2 Å². The van der Waals surface area contributed by atoms with E-state index in [2.05, 4.69) is 5.32 Å². The van der Waals surface area contributed by atoms with E-state index in [1.807, 2.05) is 47.8 Å². The summed E-state index contributed by atoms with van der Waals surface area (Å²) in [7, 11) is 1.61. The smallest absolute Gasteiger partial charge is 0.248 e. The van der Waals surface area contributed by atoms with E-state index in [0.29, 0.717) is 41.7 Å². The van der Waals surface area contributed by atoms with Crippen LogP contribution in [0.3, 0.4) is 0 Å². The highest BCUT2D eigenvalue weighted by Gasteiger charge is 2.35. The van der Waals surface area contributed by atoms with Gasteiger partial charge in [0.05, 0.1) is 13.5 Å². The molecule has 5 rings (SSSR count). The standard InChI is InChI=1S/C29H32N2O5S/c1-34-23-12-9-20(10-13-23)28(29(33)30-21-6-3-2-4-7-21)31(27(32)19-24-8-5-17-37-24)22-11-14-25-26(18-22)36-16-15-35-25/h5,8-14,17-18,21,28H,2-4,6-7,15-16,19H2,1H3,(H,30,33)/t28-/m1/s1. The van der Waals surface area contributed by atoms with Gasteiger partial charge in [-0.25, -0.2) is 0 Å². The third-order valence-corrected chi connectivity index (χ3v) is 7.74. The number of carbonyl (C=O) groups excluding carboxylic acids is 2. The van der Waals surface area contributed by atoms with Gasteiger partial charge in [-0.05, 0) is 54.1 Å². The maximum atomic E-state index is 14.0. The zero-order valence-corrected chi connectivity index (χ0v) is 21.8. The lowest BCUT2D eigenvalue weighted by atomic mass is 9.94. The number of anilines is 1. The maximum Gasteiger partial charge on any atom is 0.248 e. The molecule has 8 heteroatoms. The van der Waals surface area contributed by atoms with E-state index in [1.54, 1.807) is 24.1 Å². The van der Waals surface area contributed by atoms with E-state index in [0.717, 1.165) is 30.6 Å². The summed E-state index contributed by atoms with van der Waals surface area (Å²) in [6.07, 6.45) is 5.48. The van der Waals surface area contributed by atoms with Gasteiger partial charge < -0.3 is 19.5 Å². The second-order valence-corrected chi connectivity index (χ2v) is 10.4. The lowest BCUT2D eigenvalue weighted by molar-refractivity contribution is -0.127. The van der Waals surface area contributed by atoms with Crippen molar-refractivity contribution in [3.8, 4) is 17.2 Å². The third kappa shape index (κ3) is 5.91. The Morgan fingerprint density at radius 2 is 1.78 bits per heavy atom. The number of nitrogens with zero attached hydrogens (tertiary/aromatic N) is 1. The Kier molecular flexibility index (Phi) is 7.94. The van der Waals surface area contributed by atoms with Crippen molar-refractivity contribution in [2.75, 3.05) is 25.2 Å². The Labute approximate surface area is 221 Å². The molecular weight excluding hydrogens is 488 g/mol. The van der Waals surface area contributed by atoms with Crippen molar-refractivity contribution in [1.82, 2.24) is 5.32 Å². The number of benzene rings is 2. The summed E-state index contributed by atoms with van der Waals surface area (Å²) in [6, 6.07) is 15.9. The Bertz CT molecular complexity index is 1210. The molecule has 1 aromatic heterocycles. The van der Waals surface area contributed by atoms with Crippen LogP contribution in [0.1, 0.15) is 48.6 Å². The molecule has 3 aromatic rings. The third-order valence-electron chi connectivity index (χ3n) is 6.87. The van der Waals surface area contributed by atoms with Crippen LogP contribution >= 0.6 is 11.3 Å². The molecule has 2 amide bonds. The fraction of sp³-hybridized carbons (Fsp3) is 0.379. The van der Waals surface area contributed by atoms with Crippen LogP contribution in [0.25, 0.3) is 0 Å². The number of nitrogens with one attached hydrogen (secondary N) is 1. The summed E-state index contributed by atoms with van der Waals surface area (Å²) < 4.78 is 16.9. The molecule has 0 spiro atoms. The summed E-state index contributed by atoms with van der Waals surface area (Å²) in [5.74, 6) is 1.53. The minimum atomic E-state index is -0.858. The number of rotatable bonds is 8. The van der Waals surface area contributed by atoms with Gasteiger partial charge in [0.25, 0.3) is 0 Å². The van der Waals surface area contributed by atoms with Crippen LogP contribution < -0.4 is 24.4 Å². The van der Waals surface area contributed by atoms with Crippen molar-refractivity contribution < 1.29 is 23.8 Å². The molecule has 2 aliphatic rings. The summed E-state index contributed by atoms with van der Waals surface area (Å²) in [6.45, 7) is 0.912. The average Bonchev–Trinajstić information content (AvgIpc) is 3.45. The van der Waals surface area contributed by atoms with Crippen LogP contribution in [0.4, 0.5) is 5.69 Å². The predicted molar refractivity (Wildman–Crippen MR) is 144 cm³/mol. The number of amides is 2. The minimum Gasteiger partial charge on any atom is -0.497 e. The van der Waals surface area contributed by atoms with Gasteiger partial charge in [-0.2, -0.15) is 0 Å². The van der Waals surface area contributed by atoms with Crippen molar-refractivity contribution in [2.45, 2.75) is 50.6 Å². The minimum absolute atomic E-state index is 0.108. The molecule has 1 saturated carbocycles. The molecule has 0 saturated heterocycles. The van der Waals surface area contributed by atoms with Crippen LogP contribution in [0, 0.1) is 0 Å². The predicted octanol–water partition coefficient (Wildman–Crippen LogP) is 5.29. The van der Waals surface area contributed by atoms with Crippen molar-refractivity contribution in [1.29, 1.82) is 0 Å². The number of carbonyl (C=O) groups is 2. The lowest BCUT2D eigenvalue weighted by Crippen LogP contribution is -2.47. The molecule has 2 heterocycles. The fourth-order valence-corrected chi connectivity index (χ4v) is 5.69. The van der Waals surface area contributed by atoms with Crippen molar-refractivity contribution in [2.24, 2.45) is 0 Å². The van der Waals surface area contributed by atoms with Crippen molar-refractivity contribution >= 4 is 28.8 Å². The van der Waals surface area contributed by atoms with Gasteiger partial charge in [-0.1, -0.05) is 37.5 Å². The van der Waals surface area contributed by atoms with Gasteiger partial charge in [0, 0.05) is 22.7 Å². The summed E-state index contributed by atoms with van der Waals surface area (Å²) in [5, 5.41) is 5.21. The number of hydrogen-bond acceptors (Lipinski definition) is 6. The number of fused-ring (bicyclic) bond motifs is 1. The molecule has 194 valence electrons. The average molecular weight is 521 g/mol. The molecule has 0 unspecified atom stereocenters. The first-order chi connectivity index (χ1) is 18.1. The molecular formula is C29H32N2O5S. The molecule has 1 atom stereocenters. The second kappa shape index (κ2) is 11.7. The number of methoxy groups -OCH3 is 1. The monoisotopic (exact) mass is 520 g/mol. The number of thiophene rings is 1.